The van der Waals surface area contributed by atoms with Crippen LogP contribution < -0.4 is 10.6 Å². The average molecular weight is 407 g/mol. The van der Waals surface area contributed by atoms with Gasteiger partial charge in [-0.25, -0.2) is 0 Å². The second-order valence-corrected chi connectivity index (χ2v) is 7.38. The summed E-state index contributed by atoms with van der Waals surface area (Å²) >= 11 is 0. The zero-order chi connectivity index (χ0) is 21.2. The first kappa shape index (κ1) is 21.8. The number of hydrogen-bond acceptors (Lipinski definition) is 5. The number of aliphatic hydroxyl groups is 2. The van der Waals surface area contributed by atoms with Gasteiger partial charge in [-0.3, -0.25) is 0 Å². The average Bonchev–Trinajstić information content (AvgIpc) is 2.78. The molecule has 0 aliphatic carbocycles. The molecule has 0 bridgehead atoms. The van der Waals surface area contributed by atoms with Gasteiger partial charge in [0.05, 0.1) is 12.7 Å². The van der Waals surface area contributed by atoms with Gasteiger partial charge in [-0.2, -0.15) is 0 Å². The Kier molecular flexibility index (Phi) is 8.27. The fourth-order valence-electron chi connectivity index (χ4n) is 3.31. The third kappa shape index (κ3) is 6.59. The Morgan fingerprint density at radius 3 is 2.23 bits per heavy atom. The molecule has 5 heteroatoms. The summed E-state index contributed by atoms with van der Waals surface area (Å²) in [4.78, 5) is 0. The van der Waals surface area contributed by atoms with Gasteiger partial charge >= 0.3 is 0 Å². The third-order valence-corrected chi connectivity index (χ3v) is 5.13. The minimum absolute atomic E-state index is 0.0411. The molecular formula is C25H30N2O3. The quantitative estimate of drug-likeness (QED) is 0.315. The van der Waals surface area contributed by atoms with Crippen molar-refractivity contribution in [2.24, 2.45) is 0 Å². The summed E-state index contributed by atoms with van der Waals surface area (Å²) < 4.78 is 0. The highest BCUT2D eigenvalue weighted by atomic mass is 16.3. The highest BCUT2D eigenvalue weighted by Crippen LogP contribution is 2.22. The minimum Gasteiger partial charge on any atom is -0.508 e. The van der Waals surface area contributed by atoms with Gasteiger partial charge in [0.25, 0.3) is 0 Å². The Morgan fingerprint density at radius 1 is 0.800 bits per heavy atom. The fraction of sp³-hybridized carbons (Fsp3) is 0.280. The Balaban J connectivity index is 1.36. The first-order valence-electron chi connectivity index (χ1n) is 10.3. The maximum absolute atomic E-state index is 10.3. The molecule has 5 nitrogen and oxygen atoms in total. The van der Waals surface area contributed by atoms with Crippen molar-refractivity contribution in [2.75, 3.05) is 25.0 Å². The van der Waals surface area contributed by atoms with Crippen LogP contribution in [0.4, 0.5) is 5.69 Å². The lowest BCUT2D eigenvalue weighted by Gasteiger charge is -2.14. The van der Waals surface area contributed by atoms with E-state index in [2.05, 4.69) is 59.2 Å². The predicted molar refractivity (Wildman–Crippen MR) is 121 cm³/mol. The highest BCUT2D eigenvalue weighted by molar-refractivity contribution is 5.44. The van der Waals surface area contributed by atoms with Gasteiger partial charge in [0.1, 0.15) is 5.75 Å². The SMILES string of the molecule is OCc1cc(C(O)CNCCc2ccc(NCCc3ccccc3)cc2)ccc1O. The molecule has 0 amide bonds. The number of nitrogens with one attached hydrogen (secondary N) is 2. The normalized spacial score (nSPS) is 11.9. The number of hydrogen-bond donors (Lipinski definition) is 5. The van der Waals surface area contributed by atoms with Gasteiger partial charge in [-0.15, -0.1) is 0 Å². The summed E-state index contributed by atoms with van der Waals surface area (Å²) in [5.74, 6) is 0.0411. The van der Waals surface area contributed by atoms with E-state index in [1.165, 1.54) is 17.2 Å². The lowest BCUT2D eigenvalue weighted by Crippen LogP contribution is -2.23. The maximum atomic E-state index is 10.3. The largest absolute Gasteiger partial charge is 0.508 e. The van der Waals surface area contributed by atoms with Gasteiger partial charge in [0.15, 0.2) is 0 Å². The molecule has 3 rings (SSSR count). The van der Waals surface area contributed by atoms with Crippen molar-refractivity contribution < 1.29 is 15.3 Å². The summed E-state index contributed by atoms with van der Waals surface area (Å²) in [6, 6.07) is 23.7. The van der Waals surface area contributed by atoms with Crippen LogP contribution in [0.1, 0.15) is 28.4 Å². The molecule has 0 aliphatic heterocycles. The van der Waals surface area contributed by atoms with Gasteiger partial charge < -0.3 is 26.0 Å². The van der Waals surface area contributed by atoms with Crippen molar-refractivity contribution in [3.63, 3.8) is 0 Å². The summed E-state index contributed by atoms with van der Waals surface area (Å²) in [5.41, 5.74) is 4.77. The highest BCUT2D eigenvalue weighted by Gasteiger charge is 2.10. The van der Waals surface area contributed by atoms with Crippen LogP contribution >= 0.6 is 0 Å². The Labute approximate surface area is 178 Å². The minimum atomic E-state index is -0.688. The zero-order valence-electron chi connectivity index (χ0n) is 17.1. The topological polar surface area (TPSA) is 84.8 Å². The van der Waals surface area contributed by atoms with Crippen LogP contribution in [0.5, 0.6) is 5.75 Å². The van der Waals surface area contributed by atoms with Gasteiger partial charge in [0.2, 0.25) is 0 Å². The molecule has 0 heterocycles. The van der Waals surface area contributed by atoms with Crippen molar-refractivity contribution in [3.8, 4) is 5.75 Å². The van der Waals surface area contributed by atoms with Crippen LogP contribution in [0.25, 0.3) is 0 Å². The first-order valence-corrected chi connectivity index (χ1v) is 10.3. The number of aliphatic hydroxyl groups excluding tert-OH is 2. The van der Waals surface area contributed by atoms with Gasteiger partial charge in [0, 0.05) is 24.3 Å². The summed E-state index contributed by atoms with van der Waals surface area (Å²) in [6.07, 6.45) is 1.18. The van der Waals surface area contributed by atoms with Gasteiger partial charge in [-0.05, 0) is 60.3 Å². The van der Waals surface area contributed by atoms with E-state index in [1.807, 2.05) is 6.07 Å². The van der Waals surface area contributed by atoms with Crippen LogP contribution in [0, 0.1) is 0 Å². The number of anilines is 1. The molecule has 0 aliphatic rings. The van der Waals surface area contributed by atoms with E-state index in [1.54, 1.807) is 12.1 Å². The lowest BCUT2D eigenvalue weighted by atomic mass is 10.1. The molecule has 3 aromatic rings. The standard InChI is InChI=1S/C25H30N2O3/c28-18-22-16-21(8-11-24(22)29)25(30)17-26-14-12-20-6-9-23(10-7-20)27-15-13-19-4-2-1-3-5-19/h1-11,16,25-30H,12-15,17-18H2. The molecular weight excluding hydrogens is 376 g/mol. The second kappa shape index (κ2) is 11.4. The molecule has 0 spiro atoms. The van der Waals surface area contributed by atoms with Crippen LogP contribution in [-0.4, -0.2) is 35.0 Å². The number of benzene rings is 3. The van der Waals surface area contributed by atoms with E-state index in [-0.39, 0.29) is 12.4 Å². The van der Waals surface area contributed by atoms with Crippen LogP contribution in [-0.2, 0) is 19.4 Å². The predicted octanol–water partition coefficient (Wildman–Crippen LogP) is 3.40. The van der Waals surface area contributed by atoms with Crippen molar-refractivity contribution in [1.29, 1.82) is 0 Å². The molecule has 1 atom stereocenters. The number of rotatable bonds is 11. The van der Waals surface area contributed by atoms with Crippen molar-refractivity contribution >= 4 is 5.69 Å². The Morgan fingerprint density at radius 2 is 1.50 bits per heavy atom. The molecule has 3 aromatic carbocycles. The maximum Gasteiger partial charge on any atom is 0.121 e. The Hall–Kier alpha value is -2.86. The van der Waals surface area contributed by atoms with Crippen LogP contribution in [0.15, 0.2) is 72.8 Å². The summed E-state index contributed by atoms with van der Waals surface area (Å²) in [6.45, 7) is 1.81. The van der Waals surface area contributed by atoms with Gasteiger partial charge in [-0.1, -0.05) is 48.5 Å². The third-order valence-electron chi connectivity index (χ3n) is 5.13. The molecule has 0 saturated heterocycles. The van der Waals surface area contributed by atoms with Crippen LogP contribution in [0.2, 0.25) is 0 Å². The zero-order valence-corrected chi connectivity index (χ0v) is 17.1. The van der Waals surface area contributed by atoms with Crippen molar-refractivity contribution in [3.05, 3.63) is 95.1 Å². The molecule has 30 heavy (non-hydrogen) atoms. The Bertz CT molecular complexity index is 898. The van der Waals surface area contributed by atoms with E-state index >= 15 is 0 Å². The second-order valence-electron chi connectivity index (χ2n) is 7.38. The molecule has 0 saturated carbocycles. The summed E-state index contributed by atoms with van der Waals surface area (Å²) in [7, 11) is 0. The van der Waals surface area contributed by atoms with E-state index < -0.39 is 6.10 Å². The lowest BCUT2D eigenvalue weighted by molar-refractivity contribution is 0.174. The monoisotopic (exact) mass is 406 g/mol. The first-order chi connectivity index (χ1) is 14.7. The van der Waals surface area contributed by atoms with Crippen molar-refractivity contribution in [2.45, 2.75) is 25.6 Å². The van der Waals surface area contributed by atoms with E-state index in [0.717, 1.165) is 31.6 Å². The smallest absolute Gasteiger partial charge is 0.121 e. The molecule has 5 N–H and O–H groups in total. The summed E-state index contributed by atoms with van der Waals surface area (Å²) in [5, 5.41) is 35.8. The molecule has 158 valence electrons. The fourth-order valence-corrected chi connectivity index (χ4v) is 3.31. The van der Waals surface area contributed by atoms with Crippen LogP contribution in [0.3, 0.4) is 0 Å². The molecule has 0 fully saturated rings. The van der Waals surface area contributed by atoms with E-state index in [9.17, 15) is 15.3 Å². The van der Waals surface area contributed by atoms with E-state index in [4.69, 9.17) is 0 Å². The number of phenols is 1. The van der Waals surface area contributed by atoms with Crippen molar-refractivity contribution in [1.82, 2.24) is 5.32 Å². The van der Waals surface area contributed by atoms with E-state index in [0.29, 0.717) is 17.7 Å². The molecule has 0 aromatic heterocycles. The molecule has 0 radical (unpaired) electrons. The molecule has 1 unspecified atom stereocenters. The number of aromatic hydroxyl groups is 1.